The fourth-order valence-electron chi connectivity index (χ4n) is 5.83. The molecular formula is C41H38FN5O8. The first-order valence-corrected chi connectivity index (χ1v) is 17.3. The number of rotatable bonds is 13. The van der Waals surface area contributed by atoms with Gasteiger partial charge in [-0.15, -0.1) is 0 Å². The van der Waals surface area contributed by atoms with E-state index in [0.717, 1.165) is 11.6 Å². The van der Waals surface area contributed by atoms with Crippen LogP contribution in [-0.2, 0) is 27.4 Å². The third kappa shape index (κ3) is 8.82. The predicted octanol–water partition coefficient (Wildman–Crippen LogP) is 6.93. The summed E-state index contributed by atoms with van der Waals surface area (Å²) in [5, 5.41) is 5.72. The van der Waals surface area contributed by atoms with Crippen LogP contribution in [0.25, 0.3) is 16.6 Å². The third-order valence-electron chi connectivity index (χ3n) is 8.59. The quantitative estimate of drug-likeness (QED) is 0.120. The van der Waals surface area contributed by atoms with Crippen LogP contribution >= 0.6 is 0 Å². The third-order valence-corrected chi connectivity index (χ3v) is 8.59. The highest BCUT2D eigenvalue weighted by Crippen LogP contribution is 2.33. The molecule has 55 heavy (non-hydrogen) atoms. The highest BCUT2D eigenvalue weighted by Gasteiger charge is 2.27. The molecule has 2 aromatic heterocycles. The van der Waals surface area contributed by atoms with Crippen molar-refractivity contribution in [2.75, 3.05) is 12.4 Å². The smallest absolute Gasteiger partial charge is 0.408 e. The van der Waals surface area contributed by atoms with E-state index in [1.54, 1.807) is 87.7 Å². The number of nitrogens with zero attached hydrogens (tertiary/aromatic N) is 3. The number of carbonyl (C=O) groups excluding carboxylic acids is 3. The van der Waals surface area contributed by atoms with E-state index in [9.17, 15) is 19.2 Å². The molecule has 0 radical (unpaired) electrons. The fraction of sp³-hybridized carbons (Fsp3) is 0.195. The molecule has 0 aliphatic carbocycles. The Hall–Kier alpha value is -6.96. The zero-order valence-electron chi connectivity index (χ0n) is 30.4. The highest BCUT2D eigenvalue weighted by atomic mass is 19.1. The molecule has 0 aliphatic rings. The molecule has 6 aromatic rings. The number of fused-ring (bicyclic) bond motifs is 1. The number of pyridine rings is 1. The second-order valence-corrected chi connectivity index (χ2v) is 12.6. The van der Waals surface area contributed by atoms with E-state index in [4.69, 9.17) is 18.9 Å². The number of benzene rings is 4. The number of para-hydroxylation sites is 1. The van der Waals surface area contributed by atoms with Crippen molar-refractivity contribution in [3.63, 3.8) is 0 Å². The second kappa shape index (κ2) is 16.8. The lowest BCUT2D eigenvalue weighted by Crippen LogP contribution is -2.41. The number of halogens is 1. The van der Waals surface area contributed by atoms with E-state index < -0.39 is 41.5 Å². The van der Waals surface area contributed by atoms with Crippen LogP contribution in [-0.4, -0.2) is 51.6 Å². The maximum absolute atomic E-state index is 15.4. The van der Waals surface area contributed by atoms with Gasteiger partial charge in [-0.25, -0.2) is 18.7 Å². The molecule has 0 bridgehead atoms. The first kappa shape index (κ1) is 37.8. The van der Waals surface area contributed by atoms with E-state index in [2.05, 4.69) is 15.6 Å². The number of ether oxygens (including phenoxy) is 4. The topological polar surface area (TPSA) is 152 Å². The number of hydrogen-bond acceptors (Lipinski definition) is 9. The second-order valence-electron chi connectivity index (χ2n) is 12.6. The van der Waals surface area contributed by atoms with Gasteiger partial charge >= 0.3 is 12.1 Å². The van der Waals surface area contributed by atoms with Crippen LogP contribution in [0.3, 0.4) is 0 Å². The standard InChI is InChI=1S/C41H38FN5O8/c1-25(54-40(50)26(2)44-41(51)53-24-28-11-7-5-8-12-28)23-46-27(3)37(39(49)47(46)30-13-9-6-10-14-30)38(48)45-29-15-18-36(33(42)21-29)55-35-19-20-43-34-22-31(52-4)16-17-32(34)35/h5-22,25-26H,23-24H2,1-4H3,(H,44,51)(H,45,48)/t25-,26?/m1/s1. The number of anilines is 1. The summed E-state index contributed by atoms with van der Waals surface area (Å²) in [6.45, 7) is 4.66. The van der Waals surface area contributed by atoms with Gasteiger partial charge in [0.1, 0.15) is 35.8 Å². The van der Waals surface area contributed by atoms with Gasteiger partial charge in [-0.1, -0.05) is 48.5 Å². The number of alkyl carbamates (subject to hydrolysis) is 1. The Balaban J connectivity index is 1.16. The molecule has 6 rings (SSSR count). The number of aromatic nitrogens is 3. The van der Waals surface area contributed by atoms with Crippen molar-refractivity contribution in [3.05, 3.63) is 142 Å². The lowest BCUT2D eigenvalue weighted by Gasteiger charge is -2.21. The molecule has 0 saturated heterocycles. The maximum atomic E-state index is 15.4. The summed E-state index contributed by atoms with van der Waals surface area (Å²) in [5.74, 6) is -1.37. The monoisotopic (exact) mass is 747 g/mol. The molecule has 0 saturated carbocycles. The van der Waals surface area contributed by atoms with Crippen LogP contribution in [0.15, 0.2) is 114 Å². The van der Waals surface area contributed by atoms with Gasteiger partial charge in [0.05, 0.1) is 30.6 Å². The van der Waals surface area contributed by atoms with Crippen LogP contribution < -0.4 is 25.7 Å². The zero-order valence-corrected chi connectivity index (χ0v) is 30.4. The first-order chi connectivity index (χ1) is 26.5. The molecule has 2 N–H and O–H groups in total. The molecule has 14 heteroatoms. The predicted molar refractivity (Wildman–Crippen MR) is 202 cm³/mol. The Bertz CT molecular complexity index is 2400. The minimum atomic E-state index is -1.04. The molecule has 0 aliphatic heterocycles. The van der Waals surface area contributed by atoms with E-state index in [1.807, 2.05) is 18.2 Å². The Morgan fingerprint density at radius 1 is 0.891 bits per heavy atom. The Kier molecular flexibility index (Phi) is 11.5. The first-order valence-electron chi connectivity index (χ1n) is 17.3. The van der Waals surface area contributed by atoms with Gasteiger partial charge in [-0.3, -0.25) is 19.3 Å². The van der Waals surface area contributed by atoms with Crippen molar-refractivity contribution in [3.8, 4) is 22.9 Å². The van der Waals surface area contributed by atoms with E-state index in [0.29, 0.717) is 28.1 Å². The molecule has 282 valence electrons. The molecular weight excluding hydrogens is 709 g/mol. The average molecular weight is 748 g/mol. The molecule has 2 heterocycles. The lowest BCUT2D eigenvalue weighted by molar-refractivity contribution is -0.151. The largest absolute Gasteiger partial charge is 0.497 e. The van der Waals surface area contributed by atoms with E-state index in [1.165, 1.54) is 34.6 Å². The Morgan fingerprint density at radius 3 is 2.33 bits per heavy atom. The molecule has 1 unspecified atom stereocenters. The Morgan fingerprint density at radius 2 is 1.62 bits per heavy atom. The minimum Gasteiger partial charge on any atom is -0.497 e. The SMILES string of the molecule is COc1ccc2c(Oc3ccc(NC(=O)c4c(C)n(C[C@@H](C)OC(=O)C(C)NC(=O)OCc5ccccc5)n(-c5ccccc5)c4=O)cc3F)ccnc2c1. The number of esters is 1. The summed E-state index contributed by atoms with van der Waals surface area (Å²) in [6, 6.07) is 27.5. The summed E-state index contributed by atoms with van der Waals surface area (Å²) in [5.41, 5.74) is 1.36. The van der Waals surface area contributed by atoms with Gasteiger partial charge in [0, 0.05) is 29.4 Å². The van der Waals surface area contributed by atoms with Crippen LogP contribution in [0, 0.1) is 12.7 Å². The normalized spacial score (nSPS) is 12.0. The number of nitrogens with one attached hydrogen (secondary N) is 2. The summed E-state index contributed by atoms with van der Waals surface area (Å²) in [4.78, 5) is 57.2. The summed E-state index contributed by atoms with van der Waals surface area (Å²) in [7, 11) is 1.55. The van der Waals surface area contributed by atoms with Gasteiger partial charge in [0.2, 0.25) is 0 Å². The van der Waals surface area contributed by atoms with Gasteiger partial charge in [0.25, 0.3) is 11.5 Å². The van der Waals surface area contributed by atoms with Crippen LogP contribution in [0.4, 0.5) is 14.9 Å². The van der Waals surface area contributed by atoms with Crippen molar-refractivity contribution in [1.29, 1.82) is 0 Å². The van der Waals surface area contributed by atoms with Crippen molar-refractivity contribution in [1.82, 2.24) is 19.7 Å². The van der Waals surface area contributed by atoms with Gasteiger partial charge in [0.15, 0.2) is 11.6 Å². The number of hydrogen-bond donors (Lipinski definition) is 2. The highest BCUT2D eigenvalue weighted by molar-refractivity contribution is 6.05. The summed E-state index contributed by atoms with van der Waals surface area (Å²) < 4.78 is 40.2. The van der Waals surface area contributed by atoms with Gasteiger partial charge < -0.3 is 29.6 Å². The molecule has 0 fully saturated rings. The molecule has 13 nitrogen and oxygen atoms in total. The van der Waals surface area contributed by atoms with Crippen LogP contribution in [0.2, 0.25) is 0 Å². The fourth-order valence-corrected chi connectivity index (χ4v) is 5.83. The minimum absolute atomic E-state index is 0.0277. The lowest BCUT2D eigenvalue weighted by atomic mass is 10.2. The van der Waals surface area contributed by atoms with Crippen molar-refractivity contribution < 1.29 is 37.7 Å². The summed E-state index contributed by atoms with van der Waals surface area (Å²) in [6.07, 6.45) is -0.0634. The van der Waals surface area contributed by atoms with Crippen molar-refractivity contribution >= 4 is 34.6 Å². The number of carbonyl (C=O) groups is 3. The number of amides is 2. The maximum Gasteiger partial charge on any atom is 0.408 e. The Labute approximate surface area is 315 Å². The van der Waals surface area contributed by atoms with E-state index >= 15 is 4.39 Å². The van der Waals surface area contributed by atoms with E-state index in [-0.39, 0.29) is 35.8 Å². The summed E-state index contributed by atoms with van der Waals surface area (Å²) >= 11 is 0. The molecule has 0 spiro atoms. The van der Waals surface area contributed by atoms with Crippen molar-refractivity contribution in [2.24, 2.45) is 0 Å². The van der Waals surface area contributed by atoms with Gasteiger partial charge in [-0.2, -0.15) is 0 Å². The molecule has 4 aromatic carbocycles. The number of methoxy groups -OCH3 is 1. The van der Waals surface area contributed by atoms with Crippen LogP contribution in [0.1, 0.15) is 35.5 Å². The zero-order chi connectivity index (χ0) is 39.1. The average Bonchev–Trinajstić information content (AvgIpc) is 3.43. The molecule has 2 amide bonds. The molecule has 2 atom stereocenters. The van der Waals surface area contributed by atoms with Crippen LogP contribution in [0.5, 0.6) is 17.2 Å². The van der Waals surface area contributed by atoms with Gasteiger partial charge in [-0.05, 0) is 68.8 Å². The van der Waals surface area contributed by atoms with Crippen molar-refractivity contribution in [2.45, 2.75) is 46.1 Å².